The molecule has 0 aliphatic carbocycles. The minimum atomic E-state index is -1.50. The SMILES string of the molecule is CC(C)C(N)[Si](C)(C)O[SiH3]. The van der Waals surface area contributed by atoms with Gasteiger partial charge in [0.15, 0.2) is 8.32 Å². The normalized spacial score (nSPS) is 16.2. The zero-order chi connectivity index (χ0) is 8.36. The Labute approximate surface area is 67.8 Å². The van der Waals surface area contributed by atoms with Crippen molar-refractivity contribution < 1.29 is 4.12 Å². The first-order valence-electron chi connectivity index (χ1n) is 3.72. The molecule has 0 spiro atoms. The van der Waals surface area contributed by atoms with Gasteiger partial charge in [0.2, 0.25) is 0 Å². The van der Waals surface area contributed by atoms with Crippen LogP contribution in [0.15, 0.2) is 0 Å². The van der Waals surface area contributed by atoms with Crippen LogP contribution in [-0.2, 0) is 4.12 Å². The van der Waals surface area contributed by atoms with E-state index in [4.69, 9.17) is 9.85 Å². The second kappa shape index (κ2) is 3.66. The lowest BCUT2D eigenvalue weighted by atomic mass is 10.2. The van der Waals surface area contributed by atoms with Gasteiger partial charge in [0, 0.05) is 5.67 Å². The summed E-state index contributed by atoms with van der Waals surface area (Å²) in [6.07, 6.45) is 0. The molecule has 0 aliphatic rings. The number of hydrogen-bond acceptors (Lipinski definition) is 2. The third-order valence-electron chi connectivity index (χ3n) is 2.05. The molecular weight excluding hydrogens is 158 g/mol. The van der Waals surface area contributed by atoms with E-state index in [1.807, 2.05) is 0 Å². The summed E-state index contributed by atoms with van der Waals surface area (Å²) in [5, 5.41) is 0. The van der Waals surface area contributed by atoms with E-state index in [-0.39, 0.29) is 5.67 Å². The maximum absolute atomic E-state index is 5.96. The van der Waals surface area contributed by atoms with Crippen molar-refractivity contribution in [3.05, 3.63) is 0 Å². The molecule has 0 saturated carbocycles. The van der Waals surface area contributed by atoms with Crippen LogP contribution in [0.25, 0.3) is 0 Å². The number of rotatable bonds is 3. The van der Waals surface area contributed by atoms with Gasteiger partial charge in [-0.15, -0.1) is 0 Å². The third-order valence-corrected chi connectivity index (χ3v) is 8.53. The average molecular weight is 177 g/mol. The van der Waals surface area contributed by atoms with Gasteiger partial charge < -0.3 is 9.85 Å². The first-order valence-corrected chi connectivity index (χ1v) is 7.52. The Morgan fingerprint density at radius 1 is 1.40 bits per heavy atom. The van der Waals surface area contributed by atoms with E-state index in [1.54, 1.807) is 0 Å². The van der Waals surface area contributed by atoms with Crippen molar-refractivity contribution in [2.45, 2.75) is 32.6 Å². The molecule has 0 aromatic rings. The van der Waals surface area contributed by atoms with Crippen LogP contribution >= 0.6 is 0 Å². The lowest BCUT2D eigenvalue weighted by Gasteiger charge is -2.30. The van der Waals surface area contributed by atoms with E-state index in [0.717, 1.165) is 10.5 Å². The molecular formula is C6H19NOSi2. The highest BCUT2D eigenvalue weighted by atomic mass is 28.4. The fourth-order valence-corrected chi connectivity index (χ4v) is 3.63. The van der Waals surface area contributed by atoms with E-state index in [9.17, 15) is 0 Å². The summed E-state index contributed by atoms with van der Waals surface area (Å²) in [6, 6.07) is 0. The quantitative estimate of drug-likeness (QED) is 0.617. The van der Waals surface area contributed by atoms with Crippen LogP contribution in [0.5, 0.6) is 0 Å². The summed E-state index contributed by atoms with van der Waals surface area (Å²) in [5.74, 6) is 0.551. The van der Waals surface area contributed by atoms with Gasteiger partial charge in [-0.1, -0.05) is 13.8 Å². The molecule has 0 rings (SSSR count). The van der Waals surface area contributed by atoms with E-state index in [1.165, 1.54) is 0 Å². The van der Waals surface area contributed by atoms with Crippen LogP contribution in [-0.4, -0.2) is 24.5 Å². The maximum atomic E-state index is 5.96. The van der Waals surface area contributed by atoms with Gasteiger partial charge in [0.1, 0.15) is 10.5 Å². The largest absolute Gasteiger partial charge is 0.463 e. The summed E-state index contributed by atoms with van der Waals surface area (Å²) in [5.41, 5.74) is 6.25. The molecule has 0 aromatic carbocycles. The lowest BCUT2D eigenvalue weighted by molar-refractivity contribution is 0.508. The summed E-state index contributed by atoms with van der Waals surface area (Å²) in [6.45, 7) is 8.68. The smallest absolute Gasteiger partial charge is 0.189 e. The van der Waals surface area contributed by atoms with Crippen LogP contribution in [0.3, 0.4) is 0 Å². The molecule has 0 amide bonds. The average Bonchev–Trinajstić information content (AvgIpc) is 1.86. The Hall–Kier alpha value is 0.354. The summed E-state index contributed by atoms with van der Waals surface area (Å²) in [4.78, 5) is 0. The van der Waals surface area contributed by atoms with Crippen molar-refractivity contribution in [1.29, 1.82) is 0 Å². The van der Waals surface area contributed by atoms with Crippen LogP contribution in [0.4, 0.5) is 0 Å². The molecule has 0 aliphatic heterocycles. The van der Waals surface area contributed by atoms with Crippen LogP contribution < -0.4 is 5.73 Å². The van der Waals surface area contributed by atoms with Crippen molar-refractivity contribution in [1.82, 2.24) is 0 Å². The first kappa shape index (κ1) is 10.4. The van der Waals surface area contributed by atoms with Crippen LogP contribution in [0.2, 0.25) is 13.1 Å². The van der Waals surface area contributed by atoms with Crippen molar-refractivity contribution in [3.8, 4) is 0 Å². The fraction of sp³-hybridized carbons (Fsp3) is 1.00. The molecule has 1 unspecified atom stereocenters. The molecule has 0 aromatic heterocycles. The highest BCUT2D eigenvalue weighted by Gasteiger charge is 2.30. The molecule has 4 heteroatoms. The molecule has 0 heterocycles. The predicted molar refractivity (Wildman–Crippen MR) is 51.3 cm³/mol. The van der Waals surface area contributed by atoms with Crippen molar-refractivity contribution in [3.63, 3.8) is 0 Å². The number of nitrogens with two attached hydrogens (primary N) is 1. The highest BCUT2D eigenvalue weighted by molar-refractivity contribution is 6.75. The lowest BCUT2D eigenvalue weighted by Crippen LogP contribution is -2.52. The molecule has 1 atom stereocenters. The summed E-state index contributed by atoms with van der Waals surface area (Å²) < 4.78 is 5.51. The maximum Gasteiger partial charge on any atom is 0.189 e. The van der Waals surface area contributed by atoms with Crippen molar-refractivity contribution >= 4 is 18.8 Å². The highest BCUT2D eigenvalue weighted by Crippen LogP contribution is 2.13. The Morgan fingerprint density at radius 3 is 1.90 bits per heavy atom. The summed E-state index contributed by atoms with van der Waals surface area (Å²) >= 11 is 0. The Bertz CT molecular complexity index is 106. The van der Waals surface area contributed by atoms with Gasteiger partial charge in [-0.3, -0.25) is 0 Å². The molecule has 0 fully saturated rings. The molecule has 2 nitrogen and oxygen atoms in total. The molecule has 0 radical (unpaired) electrons. The van der Waals surface area contributed by atoms with Crippen molar-refractivity contribution in [2.75, 3.05) is 0 Å². The van der Waals surface area contributed by atoms with Gasteiger partial charge in [-0.25, -0.2) is 0 Å². The minimum Gasteiger partial charge on any atom is -0.463 e. The Kier molecular flexibility index (Phi) is 3.79. The second-order valence-electron chi connectivity index (χ2n) is 3.58. The molecule has 0 saturated heterocycles. The van der Waals surface area contributed by atoms with E-state index < -0.39 is 8.32 Å². The summed E-state index contributed by atoms with van der Waals surface area (Å²) in [7, 11) is -0.681. The minimum absolute atomic E-state index is 0.282. The van der Waals surface area contributed by atoms with Gasteiger partial charge in [-0.05, 0) is 19.0 Å². The van der Waals surface area contributed by atoms with E-state index in [0.29, 0.717) is 5.92 Å². The van der Waals surface area contributed by atoms with Gasteiger partial charge in [0.05, 0.1) is 0 Å². The second-order valence-corrected chi connectivity index (χ2v) is 9.08. The van der Waals surface area contributed by atoms with Crippen molar-refractivity contribution in [2.24, 2.45) is 11.7 Å². The van der Waals surface area contributed by atoms with Crippen LogP contribution in [0.1, 0.15) is 13.8 Å². The monoisotopic (exact) mass is 177 g/mol. The molecule has 2 N–H and O–H groups in total. The topological polar surface area (TPSA) is 35.2 Å². The molecule has 62 valence electrons. The van der Waals surface area contributed by atoms with Gasteiger partial charge in [0.25, 0.3) is 0 Å². The zero-order valence-electron chi connectivity index (χ0n) is 7.64. The number of hydrogen-bond donors (Lipinski definition) is 1. The zero-order valence-corrected chi connectivity index (χ0v) is 10.6. The molecule has 0 bridgehead atoms. The third kappa shape index (κ3) is 2.53. The standard InChI is InChI=1S/C6H19NOSi2/c1-5(2)6(7)10(3,4)8-9/h5-6H,7H2,1-4,9H3. The first-order chi connectivity index (χ1) is 4.41. The van der Waals surface area contributed by atoms with Gasteiger partial charge >= 0.3 is 0 Å². The Morgan fingerprint density at radius 2 is 1.80 bits per heavy atom. The molecule has 10 heavy (non-hydrogen) atoms. The fourth-order valence-electron chi connectivity index (χ4n) is 0.939. The predicted octanol–water partition coefficient (Wildman–Crippen LogP) is 0.0110. The van der Waals surface area contributed by atoms with Gasteiger partial charge in [-0.2, -0.15) is 0 Å². The van der Waals surface area contributed by atoms with E-state index in [2.05, 4.69) is 26.9 Å². The van der Waals surface area contributed by atoms with E-state index >= 15 is 0 Å². The van der Waals surface area contributed by atoms with Crippen LogP contribution in [0, 0.1) is 5.92 Å². The Balaban J connectivity index is 4.03.